The van der Waals surface area contributed by atoms with Gasteiger partial charge >= 0.3 is 0 Å². The quantitative estimate of drug-likeness (QED) is 0.598. The molecule has 13 heavy (non-hydrogen) atoms. The van der Waals surface area contributed by atoms with Crippen molar-refractivity contribution in [1.29, 1.82) is 0 Å². The summed E-state index contributed by atoms with van der Waals surface area (Å²) in [5.41, 5.74) is 0. The summed E-state index contributed by atoms with van der Waals surface area (Å²) in [5, 5.41) is 6.01. The summed E-state index contributed by atoms with van der Waals surface area (Å²) in [7, 11) is 0. The van der Waals surface area contributed by atoms with Crippen LogP contribution >= 0.6 is 0 Å². The monoisotopic (exact) mass is 184 g/mol. The van der Waals surface area contributed by atoms with Gasteiger partial charge in [-0.2, -0.15) is 0 Å². The normalized spacial score (nSPS) is 25.7. The van der Waals surface area contributed by atoms with E-state index in [-0.39, 0.29) is 5.91 Å². The van der Waals surface area contributed by atoms with Crippen LogP contribution in [0.4, 0.5) is 0 Å². The van der Waals surface area contributed by atoms with Crippen molar-refractivity contribution < 1.29 is 4.79 Å². The summed E-state index contributed by atoms with van der Waals surface area (Å²) in [6, 6.07) is 0. The molecule has 1 aliphatic carbocycles. The van der Waals surface area contributed by atoms with Gasteiger partial charge < -0.3 is 10.6 Å². The second kappa shape index (κ2) is 5.22. The zero-order chi connectivity index (χ0) is 9.68. The maximum atomic E-state index is 11.2. The second-order valence-corrected chi connectivity index (χ2v) is 3.95. The van der Waals surface area contributed by atoms with Crippen LogP contribution in [0.1, 0.15) is 26.7 Å². The molecule has 1 saturated carbocycles. The van der Waals surface area contributed by atoms with E-state index in [2.05, 4.69) is 24.5 Å². The molecule has 1 amide bonds. The Morgan fingerprint density at radius 3 is 2.77 bits per heavy atom. The van der Waals surface area contributed by atoms with Gasteiger partial charge in [0.1, 0.15) is 0 Å². The molecule has 0 heterocycles. The minimum absolute atomic E-state index is 0.132. The molecule has 3 nitrogen and oxygen atoms in total. The molecule has 1 aliphatic rings. The van der Waals surface area contributed by atoms with E-state index in [1.165, 1.54) is 6.42 Å². The Bertz CT molecular complexity index is 170. The molecule has 2 unspecified atom stereocenters. The fourth-order valence-electron chi connectivity index (χ4n) is 1.37. The van der Waals surface area contributed by atoms with Gasteiger partial charge in [-0.15, -0.1) is 0 Å². The van der Waals surface area contributed by atoms with E-state index in [4.69, 9.17) is 0 Å². The molecule has 0 aromatic heterocycles. The molecule has 0 aliphatic heterocycles. The average molecular weight is 184 g/mol. The third-order valence-corrected chi connectivity index (χ3v) is 2.55. The van der Waals surface area contributed by atoms with Gasteiger partial charge in [-0.1, -0.05) is 13.8 Å². The van der Waals surface area contributed by atoms with Crippen LogP contribution in [0.5, 0.6) is 0 Å². The van der Waals surface area contributed by atoms with Crippen LogP contribution in [0, 0.1) is 11.8 Å². The first-order valence-electron chi connectivity index (χ1n) is 5.21. The maximum Gasteiger partial charge on any atom is 0.233 e. The van der Waals surface area contributed by atoms with Gasteiger partial charge in [0.2, 0.25) is 5.91 Å². The SMILES string of the molecule is CCCNCC(=O)NCC1CC1C. The largest absolute Gasteiger partial charge is 0.355 e. The van der Waals surface area contributed by atoms with E-state index in [1.807, 2.05) is 0 Å². The van der Waals surface area contributed by atoms with E-state index in [0.717, 1.165) is 31.3 Å². The first kappa shape index (κ1) is 10.5. The number of hydrogen-bond acceptors (Lipinski definition) is 2. The van der Waals surface area contributed by atoms with Crippen molar-refractivity contribution in [1.82, 2.24) is 10.6 Å². The van der Waals surface area contributed by atoms with Gasteiger partial charge in [-0.3, -0.25) is 4.79 Å². The lowest BCUT2D eigenvalue weighted by Gasteiger charge is -2.04. The van der Waals surface area contributed by atoms with Crippen molar-refractivity contribution >= 4 is 5.91 Å². The van der Waals surface area contributed by atoms with E-state index >= 15 is 0 Å². The van der Waals surface area contributed by atoms with Crippen LogP contribution in [0.25, 0.3) is 0 Å². The van der Waals surface area contributed by atoms with Crippen molar-refractivity contribution in [2.75, 3.05) is 19.6 Å². The molecule has 1 rings (SSSR count). The molecule has 2 N–H and O–H groups in total. The summed E-state index contributed by atoms with van der Waals surface area (Å²) >= 11 is 0. The summed E-state index contributed by atoms with van der Waals surface area (Å²) < 4.78 is 0. The fraction of sp³-hybridized carbons (Fsp3) is 0.900. The van der Waals surface area contributed by atoms with Crippen molar-refractivity contribution in [3.8, 4) is 0 Å². The van der Waals surface area contributed by atoms with Crippen LogP contribution in [-0.2, 0) is 4.79 Å². The molecular weight excluding hydrogens is 164 g/mol. The van der Waals surface area contributed by atoms with Gasteiger partial charge in [0, 0.05) is 6.54 Å². The minimum atomic E-state index is 0.132. The Hall–Kier alpha value is -0.570. The lowest BCUT2D eigenvalue weighted by molar-refractivity contribution is -0.120. The minimum Gasteiger partial charge on any atom is -0.355 e. The van der Waals surface area contributed by atoms with Gasteiger partial charge in [0.25, 0.3) is 0 Å². The molecule has 76 valence electrons. The van der Waals surface area contributed by atoms with Gasteiger partial charge in [-0.25, -0.2) is 0 Å². The second-order valence-electron chi connectivity index (χ2n) is 3.95. The molecule has 3 heteroatoms. The maximum absolute atomic E-state index is 11.2. The highest BCUT2D eigenvalue weighted by Gasteiger charge is 2.32. The highest BCUT2D eigenvalue weighted by atomic mass is 16.1. The van der Waals surface area contributed by atoms with E-state index < -0.39 is 0 Å². The predicted octanol–water partition coefficient (Wildman–Crippen LogP) is 0.758. The molecular formula is C10H20N2O. The first-order valence-corrected chi connectivity index (χ1v) is 5.21. The smallest absolute Gasteiger partial charge is 0.233 e. The molecule has 0 spiro atoms. The number of rotatable bonds is 6. The van der Waals surface area contributed by atoms with Crippen LogP contribution < -0.4 is 10.6 Å². The lowest BCUT2D eigenvalue weighted by atomic mass is 10.3. The third kappa shape index (κ3) is 4.27. The average Bonchev–Trinajstić information content (AvgIpc) is 2.79. The Kier molecular flexibility index (Phi) is 4.22. The van der Waals surface area contributed by atoms with Crippen LogP contribution in [0.3, 0.4) is 0 Å². The molecule has 0 bridgehead atoms. The fourth-order valence-corrected chi connectivity index (χ4v) is 1.37. The van der Waals surface area contributed by atoms with Crippen LogP contribution in [-0.4, -0.2) is 25.5 Å². The molecule has 1 fully saturated rings. The first-order chi connectivity index (χ1) is 6.24. The summed E-state index contributed by atoms with van der Waals surface area (Å²) in [6.45, 7) is 6.58. The van der Waals surface area contributed by atoms with Gasteiger partial charge in [0.05, 0.1) is 6.54 Å². The van der Waals surface area contributed by atoms with Gasteiger partial charge in [-0.05, 0) is 31.2 Å². The van der Waals surface area contributed by atoms with E-state index in [0.29, 0.717) is 6.54 Å². The number of carbonyl (C=O) groups excluding carboxylic acids is 1. The Labute approximate surface area is 80.3 Å². The van der Waals surface area contributed by atoms with Gasteiger partial charge in [0.15, 0.2) is 0 Å². The van der Waals surface area contributed by atoms with E-state index in [1.54, 1.807) is 0 Å². The predicted molar refractivity (Wildman–Crippen MR) is 53.4 cm³/mol. The molecule has 0 aromatic rings. The Morgan fingerprint density at radius 1 is 1.54 bits per heavy atom. The topological polar surface area (TPSA) is 41.1 Å². The molecule has 2 atom stereocenters. The van der Waals surface area contributed by atoms with E-state index in [9.17, 15) is 4.79 Å². The van der Waals surface area contributed by atoms with Crippen molar-refractivity contribution in [2.45, 2.75) is 26.7 Å². The third-order valence-electron chi connectivity index (χ3n) is 2.55. The number of amides is 1. The molecule has 0 saturated heterocycles. The molecule has 0 radical (unpaired) electrons. The summed E-state index contributed by atoms with van der Waals surface area (Å²) in [5.74, 6) is 1.70. The number of hydrogen-bond donors (Lipinski definition) is 2. The Morgan fingerprint density at radius 2 is 2.23 bits per heavy atom. The van der Waals surface area contributed by atoms with Crippen molar-refractivity contribution in [3.05, 3.63) is 0 Å². The highest BCUT2D eigenvalue weighted by Crippen LogP contribution is 2.36. The van der Waals surface area contributed by atoms with Crippen LogP contribution in [0.15, 0.2) is 0 Å². The lowest BCUT2D eigenvalue weighted by Crippen LogP contribution is -2.35. The zero-order valence-corrected chi connectivity index (χ0v) is 8.60. The number of carbonyl (C=O) groups is 1. The highest BCUT2D eigenvalue weighted by molar-refractivity contribution is 5.77. The van der Waals surface area contributed by atoms with Crippen molar-refractivity contribution in [3.63, 3.8) is 0 Å². The summed E-state index contributed by atoms with van der Waals surface area (Å²) in [4.78, 5) is 11.2. The number of nitrogens with one attached hydrogen (secondary N) is 2. The van der Waals surface area contributed by atoms with Crippen molar-refractivity contribution in [2.24, 2.45) is 11.8 Å². The standard InChI is InChI=1S/C10H20N2O/c1-3-4-11-7-10(13)12-6-9-5-8(9)2/h8-9,11H,3-7H2,1-2H3,(H,12,13). The van der Waals surface area contributed by atoms with Crippen LogP contribution in [0.2, 0.25) is 0 Å². The summed E-state index contributed by atoms with van der Waals surface area (Å²) in [6.07, 6.45) is 2.36. The zero-order valence-electron chi connectivity index (χ0n) is 8.60. The Balaban J connectivity index is 1.92. The molecule has 0 aromatic carbocycles.